The number of nitrogens with zero attached hydrogens (tertiary/aromatic N) is 4. The summed E-state index contributed by atoms with van der Waals surface area (Å²) in [7, 11) is -3.57. The van der Waals surface area contributed by atoms with E-state index in [0.29, 0.717) is 0 Å². The van der Waals surface area contributed by atoms with Gasteiger partial charge in [0.2, 0.25) is 0 Å². The van der Waals surface area contributed by atoms with Gasteiger partial charge in [0.1, 0.15) is 6.10 Å². The molecule has 1 saturated heterocycles. The van der Waals surface area contributed by atoms with Gasteiger partial charge in [0.25, 0.3) is 5.56 Å². The maximum absolute atomic E-state index is 12.8. The van der Waals surface area contributed by atoms with Gasteiger partial charge < -0.3 is 18.9 Å². The highest BCUT2D eigenvalue weighted by Crippen LogP contribution is 2.51. The lowest BCUT2D eigenvalue weighted by atomic mass is 10.1. The molecule has 0 saturated carbocycles. The minimum Gasteiger partial charge on any atom is -0.388 e. The van der Waals surface area contributed by atoms with Crippen LogP contribution in [0.4, 0.5) is 0 Å². The first-order chi connectivity index (χ1) is 12.8. The summed E-state index contributed by atoms with van der Waals surface area (Å²) in [5.74, 6) is 0. The summed E-state index contributed by atoms with van der Waals surface area (Å²) < 4.78 is 29.9. The van der Waals surface area contributed by atoms with Crippen LogP contribution in [0.25, 0.3) is 10.4 Å². The molecule has 2 rings (SSSR count). The molecule has 1 aliphatic rings. The lowest BCUT2D eigenvalue weighted by Gasteiger charge is -2.22. The highest BCUT2D eigenvalue weighted by molar-refractivity contribution is 7.53. The van der Waals surface area contributed by atoms with Crippen molar-refractivity contribution in [1.82, 2.24) is 9.55 Å². The van der Waals surface area contributed by atoms with Crippen molar-refractivity contribution in [2.24, 2.45) is 5.11 Å². The van der Waals surface area contributed by atoms with Gasteiger partial charge in [0, 0.05) is 16.7 Å². The van der Waals surface area contributed by atoms with Crippen LogP contribution >= 0.6 is 7.60 Å². The van der Waals surface area contributed by atoms with E-state index >= 15 is 0 Å². The summed E-state index contributed by atoms with van der Waals surface area (Å²) in [4.78, 5) is 28.4. The molecule has 2 heterocycles. The van der Waals surface area contributed by atoms with E-state index in [0.717, 1.165) is 4.57 Å². The number of aryl methyl sites for hydroxylation is 1. The number of aliphatic hydroxyl groups excluding tert-OH is 1. The fourth-order valence-corrected chi connectivity index (χ4v) is 4.66. The SMILES string of the molecule is CCOP(=O)(C[C@H]1O[C@@H](n2cc(C)c(=O)[nH]c2=O)[C@H](O)C1N=[N+]=[N-])OCC. The lowest BCUT2D eigenvalue weighted by molar-refractivity contribution is -0.0354. The van der Waals surface area contributed by atoms with Crippen LogP contribution in [0.5, 0.6) is 0 Å². The predicted molar refractivity (Wildman–Crippen MR) is 94.6 cm³/mol. The number of nitrogens with one attached hydrogen (secondary N) is 1. The quantitative estimate of drug-likeness (QED) is 0.283. The van der Waals surface area contributed by atoms with Gasteiger partial charge in [0.15, 0.2) is 6.23 Å². The van der Waals surface area contributed by atoms with Crippen molar-refractivity contribution < 1.29 is 23.5 Å². The normalized spacial score (nSPS) is 25.3. The van der Waals surface area contributed by atoms with Gasteiger partial charge >= 0.3 is 13.3 Å². The van der Waals surface area contributed by atoms with E-state index in [2.05, 4.69) is 15.0 Å². The summed E-state index contributed by atoms with van der Waals surface area (Å²) >= 11 is 0. The Bertz CT molecular complexity index is 867. The zero-order valence-electron chi connectivity index (χ0n) is 15.1. The van der Waals surface area contributed by atoms with Crippen LogP contribution in [0.15, 0.2) is 20.9 Å². The molecule has 0 spiro atoms. The van der Waals surface area contributed by atoms with E-state index < -0.39 is 43.3 Å². The average Bonchev–Trinajstić information content (AvgIpc) is 2.88. The third-order valence-electron chi connectivity index (χ3n) is 4.00. The Kier molecular flexibility index (Phi) is 6.99. The molecule has 27 heavy (non-hydrogen) atoms. The summed E-state index contributed by atoms with van der Waals surface area (Å²) in [5, 5.41) is 14.1. The second kappa shape index (κ2) is 8.83. The van der Waals surface area contributed by atoms with Crippen molar-refractivity contribution >= 4 is 7.60 Å². The summed E-state index contributed by atoms with van der Waals surface area (Å²) in [6.07, 6.45) is -2.72. The number of azide groups is 1. The van der Waals surface area contributed by atoms with Crippen LogP contribution < -0.4 is 11.2 Å². The van der Waals surface area contributed by atoms with Gasteiger partial charge in [-0.2, -0.15) is 0 Å². The van der Waals surface area contributed by atoms with E-state index in [1.807, 2.05) is 0 Å². The van der Waals surface area contributed by atoms with Gasteiger partial charge in [-0.25, -0.2) is 4.79 Å². The van der Waals surface area contributed by atoms with Gasteiger partial charge in [-0.05, 0) is 26.3 Å². The molecule has 1 aromatic heterocycles. The molecule has 2 N–H and O–H groups in total. The van der Waals surface area contributed by atoms with E-state index in [4.69, 9.17) is 19.3 Å². The number of rotatable bonds is 8. The standard InChI is InChI=1S/C14H22N5O7P/c1-4-24-27(23,25-5-2)7-9-10(17-18-15)11(20)13(26-9)19-6-8(3)12(21)16-14(19)22/h6,9-11,13,20H,4-5,7H2,1-3H3,(H,16,21,22)/t9-,10?,11-,13-/m1/s1. The second-order valence-electron chi connectivity index (χ2n) is 5.86. The Morgan fingerprint density at radius 3 is 2.59 bits per heavy atom. The molecule has 150 valence electrons. The molecule has 1 unspecified atom stereocenters. The first-order valence-corrected chi connectivity index (χ1v) is 10.1. The third kappa shape index (κ3) is 4.67. The van der Waals surface area contributed by atoms with Crippen molar-refractivity contribution in [3.05, 3.63) is 43.0 Å². The Balaban J connectivity index is 2.39. The number of H-pyrrole nitrogens is 1. The largest absolute Gasteiger partial charge is 0.388 e. The van der Waals surface area contributed by atoms with Crippen molar-refractivity contribution in [2.45, 2.75) is 45.2 Å². The van der Waals surface area contributed by atoms with Crippen LogP contribution in [0.3, 0.4) is 0 Å². The summed E-state index contributed by atoms with van der Waals surface area (Å²) in [5.41, 5.74) is 7.66. The zero-order valence-corrected chi connectivity index (χ0v) is 16.0. The minimum absolute atomic E-state index is 0.126. The topological polar surface area (TPSA) is 169 Å². The molecule has 4 atom stereocenters. The molecule has 0 bridgehead atoms. The Morgan fingerprint density at radius 1 is 1.41 bits per heavy atom. The monoisotopic (exact) mass is 403 g/mol. The summed E-state index contributed by atoms with van der Waals surface area (Å²) in [6, 6.07) is -1.13. The minimum atomic E-state index is -3.57. The van der Waals surface area contributed by atoms with Crippen LogP contribution in [-0.2, 0) is 18.3 Å². The van der Waals surface area contributed by atoms with Gasteiger partial charge in [-0.1, -0.05) is 5.11 Å². The average molecular weight is 403 g/mol. The molecule has 13 heteroatoms. The van der Waals surface area contributed by atoms with Crippen LogP contribution in [0, 0.1) is 6.92 Å². The number of hydrogen-bond acceptors (Lipinski definition) is 8. The van der Waals surface area contributed by atoms with Crippen molar-refractivity contribution in [3.63, 3.8) is 0 Å². The number of aliphatic hydroxyl groups is 1. The maximum atomic E-state index is 12.8. The molecule has 0 aliphatic carbocycles. The number of ether oxygens (including phenoxy) is 1. The Hall–Kier alpha value is -1.94. The van der Waals surface area contributed by atoms with E-state index in [9.17, 15) is 19.3 Å². The van der Waals surface area contributed by atoms with Crippen molar-refractivity contribution in [3.8, 4) is 0 Å². The van der Waals surface area contributed by atoms with E-state index in [-0.39, 0.29) is 24.9 Å². The predicted octanol–water partition coefficient (Wildman–Crippen LogP) is 1.05. The lowest BCUT2D eigenvalue weighted by Crippen LogP contribution is -2.38. The first kappa shape index (κ1) is 21.4. The Morgan fingerprint density at radius 2 is 2.04 bits per heavy atom. The number of hydrogen-bond donors (Lipinski definition) is 2. The van der Waals surface area contributed by atoms with Crippen molar-refractivity contribution in [2.75, 3.05) is 19.4 Å². The van der Waals surface area contributed by atoms with E-state index in [1.165, 1.54) is 13.1 Å². The fourth-order valence-electron chi connectivity index (χ4n) is 2.84. The van der Waals surface area contributed by atoms with E-state index in [1.54, 1.807) is 13.8 Å². The molecular formula is C14H22N5O7P. The van der Waals surface area contributed by atoms with Crippen molar-refractivity contribution in [1.29, 1.82) is 0 Å². The van der Waals surface area contributed by atoms with Crippen LogP contribution in [-0.4, -0.2) is 52.3 Å². The van der Waals surface area contributed by atoms with Gasteiger partial charge in [0.05, 0.1) is 31.5 Å². The van der Waals surface area contributed by atoms with Crippen LogP contribution in [0.1, 0.15) is 25.6 Å². The smallest absolute Gasteiger partial charge is 0.333 e. The first-order valence-electron chi connectivity index (χ1n) is 8.34. The van der Waals surface area contributed by atoms with Crippen LogP contribution in [0.2, 0.25) is 0 Å². The Labute approximate surface area is 154 Å². The highest BCUT2D eigenvalue weighted by atomic mass is 31.2. The third-order valence-corrected chi connectivity index (χ3v) is 6.11. The number of aromatic amines is 1. The van der Waals surface area contributed by atoms with Gasteiger partial charge in [-0.15, -0.1) is 0 Å². The number of aromatic nitrogens is 2. The molecule has 12 nitrogen and oxygen atoms in total. The highest BCUT2D eigenvalue weighted by Gasteiger charge is 2.47. The molecule has 0 aromatic carbocycles. The zero-order chi connectivity index (χ0) is 20.2. The van der Waals surface area contributed by atoms with Gasteiger partial charge in [-0.3, -0.25) is 18.9 Å². The second-order valence-corrected chi connectivity index (χ2v) is 7.96. The molecule has 1 fully saturated rings. The molecular weight excluding hydrogens is 381 g/mol. The fraction of sp³-hybridized carbons (Fsp3) is 0.714. The molecule has 1 aromatic rings. The molecule has 1 aliphatic heterocycles. The molecule has 0 radical (unpaired) electrons. The summed E-state index contributed by atoms with van der Waals surface area (Å²) in [6.45, 7) is 5.02. The molecule has 0 amide bonds. The maximum Gasteiger partial charge on any atom is 0.333 e.